The minimum atomic E-state index is -1.66. The van der Waals surface area contributed by atoms with Crippen LogP contribution in [0.4, 0.5) is 15.4 Å². The Kier molecular flexibility index (Phi) is 23.9. The zero-order valence-electron chi connectivity index (χ0n) is 45.1. The minimum Gasteiger partial charge on any atom is -0.491 e. The van der Waals surface area contributed by atoms with Crippen molar-refractivity contribution in [2.45, 2.75) is 141 Å². The lowest BCUT2D eigenvalue weighted by Crippen LogP contribution is -2.49. The molecule has 21 nitrogen and oxygen atoms in total. The average Bonchev–Trinajstić information content (AvgIpc) is 3.81. The van der Waals surface area contributed by atoms with Crippen LogP contribution < -0.4 is 31.7 Å². The van der Waals surface area contributed by atoms with E-state index >= 15 is 0 Å². The highest BCUT2D eigenvalue weighted by atomic mass is 35.5. The molecule has 0 spiro atoms. The number of hydrogen-bond acceptors (Lipinski definition) is 18. The zero-order chi connectivity index (χ0) is 57.0. The highest BCUT2D eigenvalue weighted by Crippen LogP contribution is 2.37. The number of amides is 4. The molecule has 4 atom stereocenters. The molecule has 0 saturated carbocycles. The van der Waals surface area contributed by atoms with Gasteiger partial charge in [-0.25, -0.2) is 24.4 Å². The van der Waals surface area contributed by atoms with Crippen molar-refractivity contribution in [3.8, 4) is 40.5 Å². The lowest BCUT2D eigenvalue weighted by molar-refractivity contribution is -0.183. The maximum atomic E-state index is 13.7. The van der Waals surface area contributed by atoms with Crippen LogP contribution in [0.5, 0.6) is 5.75 Å². The highest BCUT2D eigenvalue weighted by Gasteiger charge is 2.30. The number of alkyl carbamates (subject to hydrolysis) is 2. The molecule has 2 aromatic carbocycles. The fourth-order valence-corrected chi connectivity index (χ4v) is 8.20. The Morgan fingerprint density at radius 3 is 1.88 bits per heavy atom. The van der Waals surface area contributed by atoms with Gasteiger partial charge in [-0.05, 0) is 108 Å². The van der Waals surface area contributed by atoms with Crippen molar-refractivity contribution in [1.82, 2.24) is 31.2 Å². The number of aliphatic hydroxyl groups is 1. The first-order chi connectivity index (χ1) is 36.2. The predicted molar refractivity (Wildman–Crippen MR) is 288 cm³/mol. The SMILES string of the molecule is CC(C)C[C@H](NC(=O)CCNC(=O)OC(C)(C)C)C(=O)OC[C@H](COc1ccc(-c2c(C#N)c(N)nc(SCc3coc(-c4ccc(Cl)cc4)n3)c2C#N)cc1)OC(O)[C@H](CC(C)C)NC(=O)CCNC(=O)OC(C)(C)C. The molecule has 4 aromatic rings. The molecule has 7 N–H and O–H groups in total. The molecule has 0 radical (unpaired) electrons. The Balaban J connectivity index is 1.54. The van der Waals surface area contributed by atoms with Crippen molar-refractivity contribution >= 4 is 59.2 Å². The van der Waals surface area contributed by atoms with Gasteiger partial charge in [0.2, 0.25) is 17.7 Å². The Bertz CT molecular complexity index is 2710. The van der Waals surface area contributed by atoms with Crippen molar-refractivity contribution in [1.29, 1.82) is 10.5 Å². The van der Waals surface area contributed by atoms with Gasteiger partial charge >= 0.3 is 18.2 Å². The van der Waals surface area contributed by atoms with Gasteiger partial charge in [0.25, 0.3) is 0 Å². The predicted octanol–water partition coefficient (Wildman–Crippen LogP) is 8.19. The molecule has 0 saturated heterocycles. The summed E-state index contributed by atoms with van der Waals surface area (Å²) in [6.45, 7) is 16.8. The van der Waals surface area contributed by atoms with Crippen LogP contribution in [-0.4, -0.2) is 107 Å². The minimum absolute atomic E-state index is 0.0120. The van der Waals surface area contributed by atoms with E-state index in [9.17, 15) is 39.6 Å². The van der Waals surface area contributed by atoms with Crippen molar-refractivity contribution in [2.24, 2.45) is 11.8 Å². The average molecular weight is 1100 g/mol. The van der Waals surface area contributed by atoms with E-state index in [-0.39, 0.29) is 96.3 Å². The monoisotopic (exact) mass is 1100 g/mol. The number of pyridine rings is 1. The molecule has 2 aromatic heterocycles. The second kappa shape index (κ2) is 29.4. The van der Waals surface area contributed by atoms with E-state index in [1.807, 2.05) is 27.7 Å². The number of carbonyl (C=O) groups excluding carboxylic acids is 5. The van der Waals surface area contributed by atoms with Crippen molar-refractivity contribution in [3.05, 3.63) is 76.6 Å². The summed E-state index contributed by atoms with van der Waals surface area (Å²) < 4.78 is 34.1. The number of nitrogens with two attached hydrogens (primary N) is 1. The first-order valence-electron chi connectivity index (χ1n) is 25.0. The van der Waals surface area contributed by atoms with Gasteiger partial charge in [0, 0.05) is 47.8 Å². The van der Waals surface area contributed by atoms with Gasteiger partial charge in [-0.15, -0.1) is 0 Å². The number of esters is 1. The molecular weight excluding hydrogens is 1030 g/mol. The van der Waals surface area contributed by atoms with Crippen LogP contribution in [0.15, 0.2) is 64.2 Å². The molecule has 23 heteroatoms. The fraction of sp³-hybridized carbons (Fsp3) is 0.500. The summed E-state index contributed by atoms with van der Waals surface area (Å²) in [5.74, 6) is -1.12. The van der Waals surface area contributed by atoms with Crippen LogP contribution in [0.25, 0.3) is 22.6 Å². The summed E-state index contributed by atoms with van der Waals surface area (Å²) in [4.78, 5) is 73.1. The number of aromatic nitrogens is 2. The number of nitriles is 2. The Morgan fingerprint density at radius 2 is 1.34 bits per heavy atom. The summed E-state index contributed by atoms with van der Waals surface area (Å²) in [7, 11) is 0. The first kappa shape index (κ1) is 62.4. The molecule has 1 unspecified atom stereocenters. The van der Waals surface area contributed by atoms with E-state index in [4.69, 9.17) is 45.4 Å². The Morgan fingerprint density at radius 1 is 0.779 bits per heavy atom. The molecular formula is C54H70ClN9O12S. The van der Waals surface area contributed by atoms with Gasteiger partial charge in [-0.1, -0.05) is 63.2 Å². The van der Waals surface area contributed by atoms with Gasteiger partial charge in [0.1, 0.15) is 77.1 Å². The third-order valence-electron chi connectivity index (χ3n) is 10.5. The van der Waals surface area contributed by atoms with Crippen LogP contribution in [0.3, 0.4) is 0 Å². The third kappa shape index (κ3) is 21.8. The van der Waals surface area contributed by atoms with Crippen LogP contribution in [0, 0.1) is 34.5 Å². The molecule has 4 rings (SSSR count). The molecule has 416 valence electrons. The van der Waals surface area contributed by atoms with E-state index in [1.54, 1.807) is 90.1 Å². The molecule has 4 amide bonds. The number of nitrogens with zero attached hydrogens (tertiary/aromatic N) is 4. The number of oxazole rings is 1. The number of benzene rings is 2. The molecule has 0 aliphatic heterocycles. The number of anilines is 1. The molecule has 0 aliphatic rings. The van der Waals surface area contributed by atoms with E-state index in [0.29, 0.717) is 22.2 Å². The van der Waals surface area contributed by atoms with Gasteiger partial charge < -0.3 is 60.2 Å². The second-order valence-electron chi connectivity index (χ2n) is 20.6. The standard InChI is InChI=1S/C54H70ClN9O12S/c1-31(2)23-41(62-43(65)19-21-59-51(69)75-53(5,6)7)49(67)73-29-38(74-50(68)42(24-32(3)4)63-44(66)20-22-60-52(70)76-54(8,9)10)28-71-37-17-13-33(14-18-37)45-39(25-56)46(58)64-48(40(45)26-57)77-30-36-27-72-47(61-36)34-11-15-35(55)16-12-34/h11-18,27,31-32,38,41-42,50,68H,19-24,28-30H2,1-10H3,(H2,58,64)(H,59,69)(H,60,70)(H,62,65)(H,63,66)/t38-,41-,42-,50?/m0/s1. The van der Waals surface area contributed by atoms with E-state index in [1.165, 1.54) is 18.0 Å². The molecule has 77 heavy (non-hydrogen) atoms. The first-order valence-corrected chi connectivity index (χ1v) is 26.3. The number of halogens is 1. The van der Waals surface area contributed by atoms with Gasteiger partial charge in [-0.2, -0.15) is 10.5 Å². The smallest absolute Gasteiger partial charge is 0.407 e. The normalized spacial score (nSPS) is 13.0. The molecule has 0 bridgehead atoms. The quantitative estimate of drug-likeness (QED) is 0.0149. The summed E-state index contributed by atoms with van der Waals surface area (Å²) in [6, 6.07) is 15.6. The fourth-order valence-electron chi connectivity index (χ4n) is 7.20. The van der Waals surface area contributed by atoms with E-state index < -0.39 is 72.3 Å². The van der Waals surface area contributed by atoms with Crippen LogP contribution in [0.2, 0.25) is 5.02 Å². The maximum absolute atomic E-state index is 13.7. The number of aliphatic hydroxyl groups excluding tert-OH is 1. The largest absolute Gasteiger partial charge is 0.491 e. The lowest BCUT2D eigenvalue weighted by Gasteiger charge is -2.29. The van der Waals surface area contributed by atoms with E-state index in [0.717, 1.165) is 5.56 Å². The zero-order valence-corrected chi connectivity index (χ0v) is 46.7. The maximum Gasteiger partial charge on any atom is 0.407 e. The number of hydrogen-bond donors (Lipinski definition) is 6. The van der Waals surface area contributed by atoms with Crippen molar-refractivity contribution < 1.29 is 57.2 Å². The second-order valence-corrected chi connectivity index (χ2v) is 22.0. The number of ether oxygens (including phenoxy) is 5. The topological polar surface area (TPSA) is 312 Å². The summed E-state index contributed by atoms with van der Waals surface area (Å²) in [5.41, 5.74) is 6.90. The van der Waals surface area contributed by atoms with Crippen LogP contribution >= 0.6 is 23.4 Å². The lowest BCUT2D eigenvalue weighted by atomic mass is 9.97. The third-order valence-corrected chi connectivity index (χ3v) is 11.8. The van der Waals surface area contributed by atoms with E-state index in [2.05, 4.69) is 43.4 Å². The summed E-state index contributed by atoms with van der Waals surface area (Å²) >= 11 is 7.22. The number of carbonyl (C=O) groups is 5. The molecule has 0 aliphatic carbocycles. The number of rotatable bonds is 26. The van der Waals surface area contributed by atoms with Crippen molar-refractivity contribution in [2.75, 3.05) is 32.0 Å². The summed E-state index contributed by atoms with van der Waals surface area (Å²) in [5, 5.41) is 43.6. The Labute approximate surface area is 458 Å². The number of nitrogens with one attached hydrogen (secondary N) is 4. The number of nitrogen functional groups attached to an aromatic ring is 1. The Hall–Kier alpha value is -7.11. The van der Waals surface area contributed by atoms with Gasteiger partial charge in [0.05, 0.1) is 17.3 Å². The molecule has 2 heterocycles. The van der Waals surface area contributed by atoms with Crippen molar-refractivity contribution in [3.63, 3.8) is 0 Å². The summed E-state index contributed by atoms with van der Waals surface area (Å²) in [6.07, 6.45) is -2.58. The highest BCUT2D eigenvalue weighted by molar-refractivity contribution is 7.98. The van der Waals surface area contributed by atoms with Gasteiger partial charge in [0.15, 0.2) is 6.29 Å². The van der Waals surface area contributed by atoms with Crippen LogP contribution in [0.1, 0.15) is 112 Å². The van der Waals surface area contributed by atoms with Gasteiger partial charge in [-0.3, -0.25) is 9.59 Å². The molecule has 0 fully saturated rings. The number of thioether (sulfide) groups is 1. The van der Waals surface area contributed by atoms with Crippen LogP contribution in [-0.2, 0) is 39.1 Å².